The highest BCUT2D eigenvalue weighted by molar-refractivity contribution is 6.31. The summed E-state index contributed by atoms with van der Waals surface area (Å²) in [7, 11) is 0. The zero-order chi connectivity index (χ0) is 18.7. The highest BCUT2D eigenvalue weighted by Gasteiger charge is 2.14. The van der Waals surface area contributed by atoms with E-state index in [1.54, 1.807) is 33.9 Å². The number of hydrogen-bond donors (Lipinski definition) is 1. The van der Waals surface area contributed by atoms with Gasteiger partial charge in [-0.05, 0) is 32.4 Å². The predicted molar refractivity (Wildman–Crippen MR) is 98.7 cm³/mol. The summed E-state index contributed by atoms with van der Waals surface area (Å²) in [5.41, 5.74) is 1.64. The Labute approximate surface area is 160 Å². The maximum absolute atomic E-state index is 12.2. The third kappa shape index (κ3) is 4.28. The third-order valence-corrected chi connectivity index (χ3v) is 4.68. The Morgan fingerprint density at radius 3 is 2.77 bits per heavy atom. The van der Waals surface area contributed by atoms with E-state index < -0.39 is 0 Å². The maximum atomic E-state index is 12.2. The van der Waals surface area contributed by atoms with Crippen molar-refractivity contribution < 1.29 is 9.21 Å². The Morgan fingerprint density at radius 2 is 2.12 bits per heavy atom. The Kier molecular flexibility index (Phi) is 5.68. The molecule has 1 N–H and O–H groups in total. The molecule has 3 heterocycles. The molecule has 138 valence electrons. The van der Waals surface area contributed by atoms with Gasteiger partial charge < -0.3 is 9.73 Å². The standard InChI is InChI=1S/C17H19Cl2N5O2/c1-11-16(19)12(2)24(22-11)10-14-4-5-15(26-14)17(25)20-6-3-7-23-9-13(18)8-21-23/h4-5,8-9H,3,6-7,10H2,1-2H3,(H,20,25). The highest BCUT2D eigenvalue weighted by atomic mass is 35.5. The lowest BCUT2D eigenvalue weighted by atomic mass is 10.3. The molecule has 0 aliphatic rings. The van der Waals surface area contributed by atoms with E-state index in [1.165, 1.54) is 0 Å². The van der Waals surface area contributed by atoms with E-state index in [0.717, 1.165) is 17.8 Å². The summed E-state index contributed by atoms with van der Waals surface area (Å²) in [5.74, 6) is 0.666. The molecule has 0 aliphatic carbocycles. The van der Waals surface area contributed by atoms with Crippen LogP contribution in [0.1, 0.15) is 34.1 Å². The van der Waals surface area contributed by atoms with Crippen LogP contribution >= 0.6 is 23.2 Å². The molecule has 0 bridgehead atoms. The van der Waals surface area contributed by atoms with Crippen LogP contribution in [0.2, 0.25) is 10.0 Å². The summed E-state index contributed by atoms with van der Waals surface area (Å²) in [6.07, 6.45) is 4.06. The van der Waals surface area contributed by atoms with E-state index in [9.17, 15) is 4.79 Å². The van der Waals surface area contributed by atoms with Crippen LogP contribution < -0.4 is 5.32 Å². The Balaban J connectivity index is 1.50. The van der Waals surface area contributed by atoms with Crippen LogP contribution in [-0.2, 0) is 13.1 Å². The van der Waals surface area contributed by atoms with Crippen molar-refractivity contribution in [1.29, 1.82) is 0 Å². The van der Waals surface area contributed by atoms with Gasteiger partial charge in [-0.1, -0.05) is 23.2 Å². The zero-order valence-corrected chi connectivity index (χ0v) is 16.0. The van der Waals surface area contributed by atoms with Crippen molar-refractivity contribution in [2.75, 3.05) is 6.54 Å². The largest absolute Gasteiger partial charge is 0.454 e. The second kappa shape index (κ2) is 7.97. The zero-order valence-electron chi connectivity index (χ0n) is 14.5. The van der Waals surface area contributed by atoms with E-state index in [-0.39, 0.29) is 11.7 Å². The summed E-state index contributed by atoms with van der Waals surface area (Å²) in [6.45, 7) is 5.36. The maximum Gasteiger partial charge on any atom is 0.286 e. The number of amides is 1. The van der Waals surface area contributed by atoms with Crippen molar-refractivity contribution in [3.8, 4) is 0 Å². The molecule has 0 saturated heterocycles. The van der Waals surface area contributed by atoms with Crippen LogP contribution in [0.25, 0.3) is 0 Å². The predicted octanol–water partition coefficient (Wildman–Crippen LogP) is 3.46. The molecule has 0 saturated carbocycles. The fraction of sp³-hybridized carbons (Fsp3) is 0.353. The average molecular weight is 396 g/mol. The van der Waals surface area contributed by atoms with E-state index in [0.29, 0.717) is 35.4 Å². The quantitative estimate of drug-likeness (QED) is 0.621. The molecular weight excluding hydrogens is 377 g/mol. The van der Waals surface area contributed by atoms with E-state index in [2.05, 4.69) is 15.5 Å². The van der Waals surface area contributed by atoms with Crippen LogP contribution in [0.3, 0.4) is 0 Å². The Bertz CT molecular complexity index is 912. The van der Waals surface area contributed by atoms with Gasteiger partial charge in [-0.2, -0.15) is 10.2 Å². The van der Waals surface area contributed by atoms with Gasteiger partial charge in [0.15, 0.2) is 5.76 Å². The van der Waals surface area contributed by atoms with Crippen molar-refractivity contribution in [3.63, 3.8) is 0 Å². The minimum absolute atomic E-state index is 0.249. The first-order valence-electron chi connectivity index (χ1n) is 8.18. The van der Waals surface area contributed by atoms with Crippen LogP contribution in [0, 0.1) is 13.8 Å². The molecule has 0 radical (unpaired) electrons. The lowest BCUT2D eigenvalue weighted by Crippen LogP contribution is -2.24. The summed E-state index contributed by atoms with van der Waals surface area (Å²) >= 11 is 11.9. The van der Waals surface area contributed by atoms with Crippen LogP contribution in [0.5, 0.6) is 0 Å². The second-order valence-electron chi connectivity index (χ2n) is 5.94. The summed E-state index contributed by atoms with van der Waals surface area (Å²) in [4.78, 5) is 12.2. The molecule has 3 aromatic heterocycles. The fourth-order valence-corrected chi connectivity index (χ4v) is 2.84. The van der Waals surface area contributed by atoms with Gasteiger partial charge in [0.05, 0.1) is 34.2 Å². The van der Waals surface area contributed by atoms with Crippen LogP contribution in [0.4, 0.5) is 0 Å². The van der Waals surface area contributed by atoms with Crippen molar-refractivity contribution in [2.45, 2.75) is 33.4 Å². The van der Waals surface area contributed by atoms with Gasteiger partial charge in [0.2, 0.25) is 0 Å². The number of furan rings is 1. The van der Waals surface area contributed by atoms with E-state index >= 15 is 0 Å². The normalized spacial score (nSPS) is 11.1. The number of aromatic nitrogens is 4. The highest BCUT2D eigenvalue weighted by Crippen LogP contribution is 2.20. The summed E-state index contributed by atoms with van der Waals surface area (Å²) < 4.78 is 9.11. The molecule has 3 aromatic rings. The SMILES string of the molecule is Cc1nn(Cc2ccc(C(=O)NCCCn3cc(Cl)cn3)o2)c(C)c1Cl. The molecule has 26 heavy (non-hydrogen) atoms. The number of nitrogens with zero attached hydrogens (tertiary/aromatic N) is 4. The molecule has 3 rings (SSSR count). The van der Waals surface area contributed by atoms with E-state index in [1.807, 2.05) is 13.8 Å². The van der Waals surface area contributed by atoms with Gasteiger partial charge in [0, 0.05) is 19.3 Å². The van der Waals surface area contributed by atoms with Gasteiger partial charge in [0.25, 0.3) is 5.91 Å². The lowest BCUT2D eigenvalue weighted by Gasteiger charge is -2.04. The molecule has 0 atom stereocenters. The number of nitrogens with one attached hydrogen (secondary N) is 1. The first-order chi connectivity index (χ1) is 12.4. The van der Waals surface area contributed by atoms with Crippen molar-refractivity contribution in [1.82, 2.24) is 24.9 Å². The first-order valence-corrected chi connectivity index (χ1v) is 8.94. The Hall–Kier alpha value is -2.25. The molecule has 0 fully saturated rings. The van der Waals surface area contributed by atoms with Gasteiger partial charge >= 0.3 is 0 Å². The number of halogens is 2. The van der Waals surface area contributed by atoms with Crippen molar-refractivity contribution >= 4 is 29.1 Å². The smallest absolute Gasteiger partial charge is 0.286 e. The number of aryl methyl sites for hydroxylation is 2. The van der Waals surface area contributed by atoms with Crippen molar-refractivity contribution in [3.05, 3.63) is 57.5 Å². The lowest BCUT2D eigenvalue weighted by molar-refractivity contribution is 0.0923. The summed E-state index contributed by atoms with van der Waals surface area (Å²) in [5, 5.41) is 12.5. The van der Waals surface area contributed by atoms with Crippen LogP contribution in [0.15, 0.2) is 28.9 Å². The minimum Gasteiger partial charge on any atom is -0.454 e. The molecular formula is C17H19Cl2N5O2. The second-order valence-corrected chi connectivity index (χ2v) is 6.75. The third-order valence-electron chi connectivity index (χ3n) is 3.94. The molecule has 1 amide bonds. The Morgan fingerprint density at radius 1 is 1.31 bits per heavy atom. The molecule has 9 heteroatoms. The molecule has 7 nitrogen and oxygen atoms in total. The molecule has 0 aliphatic heterocycles. The first kappa shape index (κ1) is 18.5. The number of rotatable bonds is 7. The average Bonchev–Trinajstić information content (AvgIpc) is 3.30. The van der Waals surface area contributed by atoms with Crippen LogP contribution in [-0.4, -0.2) is 32.0 Å². The monoisotopic (exact) mass is 395 g/mol. The van der Waals surface area contributed by atoms with Gasteiger partial charge in [-0.15, -0.1) is 0 Å². The van der Waals surface area contributed by atoms with Gasteiger partial charge in [0.1, 0.15) is 5.76 Å². The number of carbonyl (C=O) groups excluding carboxylic acids is 1. The van der Waals surface area contributed by atoms with E-state index in [4.69, 9.17) is 27.6 Å². The topological polar surface area (TPSA) is 77.9 Å². The molecule has 0 unspecified atom stereocenters. The number of carbonyl (C=O) groups is 1. The minimum atomic E-state index is -0.249. The van der Waals surface area contributed by atoms with Gasteiger partial charge in [-0.3, -0.25) is 14.2 Å². The fourth-order valence-electron chi connectivity index (χ4n) is 2.55. The molecule has 0 spiro atoms. The summed E-state index contributed by atoms with van der Waals surface area (Å²) in [6, 6.07) is 3.43. The van der Waals surface area contributed by atoms with Crippen molar-refractivity contribution in [2.24, 2.45) is 0 Å². The molecule has 0 aromatic carbocycles. The van der Waals surface area contributed by atoms with Gasteiger partial charge in [-0.25, -0.2) is 0 Å². The number of hydrogen-bond acceptors (Lipinski definition) is 4.